The standard InChI is InChI=1S/C24H38N2O4/c1-14(2)9-17-13-26-8-7-16-10-21(28-5)22(29-6)11-18(16)19(26)12-20(17)30-24(27)23(25)15(3)4/h10-11,14-15,17,19-20,23H,7-9,12-13,25H2,1-6H3/t17?,19?,20?,23-/m0/s1/i3D3,4D3,19D,23D. The minimum Gasteiger partial charge on any atom is -0.493 e. The fourth-order valence-electron chi connectivity index (χ4n) is 4.45. The van der Waals surface area contributed by atoms with Gasteiger partial charge in [-0.15, -0.1) is 0 Å². The summed E-state index contributed by atoms with van der Waals surface area (Å²) in [5.41, 5.74) is 7.42. The lowest BCUT2D eigenvalue weighted by atomic mass is 9.79. The van der Waals surface area contributed by atoms with E-state index >= 15 is 0 Å². The highest BCUT2D eigenvalue weighted by atomic mass is 16.5. The lowest BCUT2D eigenvalue weighted by molar-refractivity contribution is -0.160. The lowest BCUT2D eigenvalue weighted by Crippen LogP contribution is -2.51. The maximum atomic E-state index is 13.2. The van der Waals surface area contributed by atoms with E-state index < -0.39 is 43.7 Å². The van der Waals surface area contributed by atoms with Crippen molar-refractivity contribution in [1.82, 2.24) is 4.90 Å². The van der Waals surface area contributed by atoms with Crippen LogP contribution in [0.5, 0.6) is 11.5 Å². The molecule has 0 amide bonds. The summed E-state index contributed by atoms with van der Waals surface area (Å²) in [4.78, 5) is 15.3. The molecule has 6 heteroatoms. The fourth-order valence-corrected chi connectivity index (χ4v) is 4.45. The number of ether oxygens (including phenoxy) is 3. The smallest absolute Gasteiger partial charge is 0.323 e. The Morgan fingerprint density at radius 3 is 2.67 bits per heavy atom. The van der Waals surface area contributed by atoms with Crippen LogP contribution in [0, 0.1) is 17.8 Å². The molecule has 2 heterocycles. The van der Waals surface area contributed by atoms with Crippen LogP contribution in [-0.2, 0) is 16.0 Å². The van der Waals surface area contributed by atoms with Crippen LogP contribution in [-0.4, -0.2) is 50.3 Å². The molecule has 0 radical (unpaired) electrons. The van der Waals surface area contributed by atoms with Crippen molar-refractivity contribution in [3.63, 3.8) is 0 Å². The zero-order valence-electron chi connectivity index (χ0n) is 26.2. The van der Waals surface area contributed by atoms with Crippen molar-refractivity contribution in [1.29, 1.82) is 0 Å². The van der Waals surface area contributed by atoms with Crippen molar-refractivity contribution in [3.05, 3.63) is 23.3 Å². The maximum absolute atomic E-state index is 13.2. The topological polar surface area (TPSA) is 74.0 Å². The summed E-state index contributed by atoms with van der Waals surface area (Å²) in [5, 5.41) is 0. The van der Waals surface area contributed by atoms with Crippen molar-refractivity contribution in [2.45, 2.75) is 65.0 Å². The number of nitrogens with two attached hydrogens (primary N) is 1. The molecule has 0 bridgehead atoms. The molecule has 2 N–H and O–H groups in total. The second kappa shape index (κ2) is 9.56. The van der Waals surface area contributed by atoms with Gasteiger partial charge in [-0.1, -0.05) is 27.6 Å². The maximum Gasteiger partial charge on any atom is 0.323 e. The molecule has 3 rings (SSSR count). The van der Waals surface area contributed by atoms with Crippen LogP contribution in [0.3, 0.4) is 0 Å². The number of hydrogen-bond donors (Lipinski definition) is 1. The summed E-state index contributed by atoms with van der Waals surface area (Å²) >= 11 is 0. The number of benzene rings is 1. The molecule has 1 aromatic carbocycles. The van der Waals surface area contributed by atoms with E-state index in [0.717, 1.165) is 5.56 Å². The van der Waals surface area contributed by atoms with Gasteiger partial charge in [0, 0.05) is 39.7 Å². The third kappa shape index (κ3) is 4.75. The van der Waals surface area contributed by atoms with E-state index in [1.807, 2.05) is 24.8 Å². The molecule has 2 aliphatic heterocycles. The van der Waals surface area contributed by atoms with Gasteiger partial charge in [0.15, 0.2) is 11.5 Å². The summed E-state index contributed by atoms with van der Waals surface area (Å²) in [6.07, 6.45) is 0.467. The molecule has 1 aromatic rings. The van der Waals surface area contributed by atoms with Crippen molar-refractivity contribution >= 4 is 5.97 Å². The van der Waals surface area contributed by atoms with Crippen LogP contribution in [0.25, 0.3) is 0 Å². The van der Waals surface area contributed by atoms with E-state index in [-0.39, 0.29) is 18.3 Å². The molecule has 0 saturated carbocycles. The largest absolute Gasteiger partial charge is 0.493 e. The Morgan fingerprint density at radius 1 is 1.33 bits per heavy atom. The third-order valence-corrected chi connectivity index (χ3v) is 5.91. The first-order valence-electron chi connectivity index (χ1n) is 14.4. The summed E-state index contributed by atoms with van der Waals surface area (Å²) in [5.74, 6) is -2.87. The van der Waals surface area contributed by atoms with Crippen molar-refractivity contribution in [3.8, 4) is 11.5 Å². The van der Waals surface area contributed by atoms with Gasteiger partial charge in [-0.05, 0) is 47.9 Å². The van der Waals surface area contributed by atoms with Gasteiger partial charge in [0.25, 0.3) is 0 Å². The Labute approximate surface area is 192 Å². The molecule has 0 spiro atoms. The van der Waals surface area contributed by atoms with E-state index in [4.69, 9.17) is 29.5 Å². The molecule has 1 saturated heterocycles. The third-order valence-electron chi connectivity index (χ3n) is 5.91. The number of carbonyl (C=O) groups is 1. The van der Waals surface area contributed by atoms with Gasteiger partial charge in [-0.3, -0.25) is 9.69 Å². The first kappa shape index (κ1) is 14.3. The quantitative estimate of drug-likeness (QED) is 0.672. The van der Waals surface area contributed by atoms with E-state index in [9.17, 15) is 6.17 Å². The minimum absolute atomic E-state index is 0.0287. The van der Waals surface area contributed by atoms with Crippen LogP contribution >= 0.6 is 0 Å². The van der Waals surface area contributed by atoms with Crippen LogP contribution in [0.2, 0.25) is 0 Å². The Kier molecular flexibility index (Phi) is 4.56. The molecule has 168 valence electrons. The van der Waals surface area contributed by atoms with Gasteiger partial charge in [-0.25, -0.2) is 0 Å². The van der Waals surface area contributed by atoms with Gasteiger partial charge in [-0.2, -0.15) is 0 Å². The molecule has 0 aliphatic carbocycles. The predicted octanol–water partition coefficient (Wildman–Crippen LogP) is 3.56. The molecule has 1 fully saturated rings. The van der Waals surface area contributed by atoms with Crippen LogP contribution in [0.15, 0.2) is 12.1 Å². The van der Waals surface area contributed by atoms with Gasteiger partial charge in [0.05, 0.1) is 17.0 Å². The number of hydrogen-bond acceptors (Lipinski definition) is 6. The first-order chi connectivity index (χ1) is 17.4. The molecule has 6 nitrogen and oxygen atoms in total. The van der Waals surface area contributed by atoms with Crippen molar-refractivity contribution in [2.24, 2.45) is 23.5 Å². The van der Waals surface area contributed by atoms with E-state index in [1.54, 1.807) is 6.07 Å². The normalized spacial score (nSPS) is 33.2. The molecule has 3 unspecified atom stereocenters. The minimum atomic E-state index is -3.20. The van der Waals surface area contributed by atoms with Crippen LogP contribution in [0.1, 0.15) is 68.5 Å². The van der Waals surface area contributed by atoms with Gasteiger partial charge < -0.3 is 19.9 Å². The number of nitrogens with zero attached hydrogens (tertiary/aromatic N) is 1. The van der Waals surface area contributed by atoms with Crippen molar-refractivity contribution in [2.75, 3.05) is 27.3 Å². The van der Waals surface area contributed by atoms with E-state index in [0.29, 0.717) is 43.0 Å². The Morgan fingerprint density at radius 2 is 2.03 bits per heavy atom. The average molecular weight is 427 g/mol. The highest BCUT2D eigenvalue weighted by Crippen LogP contribution is 2.44. The SMILES string of the molecule is [2H]C([2H])([2H])C(C([2H])([2H])[2H])[C@]([2H])(N)C(=O)OC1CC2([2H])c3cc(OC)c(OC)cc3CCN2CC1CC(C)C. The zero-order chi connectivity index (χ0) is 28.8. The zero-order valence-corrected chi connectivity index (χ0v) is 18.2. The molecule has 2 aliphatic rings. The summed E-state index contributed by atoms with van der Waals surface area (Å²) in [7, 11) is 3.04. The highest BCUT2D eigenvalue weighted by molar-refractivity contribution is 5.76. The molecule has 4 atom stereocenters. The van der Waals surface area contributed by atoms with Gasteiger partial charge >= 0.3 is 5.97 Å². The monoisotopic (exact) mass is 426 g/mol. The second-order valence-corrected chi connectivity index (χ2v) is 8.43. The predicted molar refractivity (Wildman–Crippen MR) is 118 cm³/mol. The van der Waals surface area contributed by atoms with E-state index in [2.05, 4.69) is 0 Å². The second-order valence-electron chi connectivity index (χ2n) is 8.43. The fraction of sp³-hybridized carbons (Fsp3) is 0.708. The van der Waals surface area contributed by atoms with Gasteiger partial charge in [0.2, 0.25) is 0 Å². The van der Waals surface area contributed by atoms with Gasteiger partial charge in [0.1, 0.15) is 12.1 Å². The van der Waals surface area contributed by atoms with Crippen LogP contribution in [0.4, 0.5) is 0 Å². The highest BCUT2D eigenvalue weighted by Gasteiger charge is 2.41. The van der Waals surface area contributed by atoms with Crippen molar-refractivity contribution < 1.29 is 30.0 Å². The molecule has 0 aromatic heterocycles. The number of carbonyl (C=O) groups excluding carboxylic acids is 1. The molecular weight excluding hydrogens is 380 g/mol. The average Bonchev–Trinajstić information content (AvgIpc) is 2.76. The number of rotatable bonds is 7. The summed E-state index contributed by atoms with van der Waals surface area (Å²) in [6, 6.07) is -0.758. The summed E-state index contributed by atoms with van der Waals surface area (Å²) in [6.45, 7) is -1.35. The first-order valence-corrected chi connectivity index (χ1v) is 10.4. The lowest BCUT2D eigenvalue weighted by Gasteiger charge is -2.47. The Balaban J connectivity index is 2.00. The number of methoxy groups -OCH3 is 2. The number of piperidine rings is 1. The Bertz CT molecular complexity index is 1020. The Hall–Kier alpha value is -1.79. The van der Waals surface area contributed by atoms with Crippen LogP contribution < -0.4 is 15.2 Å². The summed E-state index contributed by atoms with van der Waals surface area (Å²) < 4.78 is 80.4. The molecule has 30 heavy (non-hydrogen) atoms. The van der Waals surface area contributed by atoms with E-state index in [1.165, 1.54) is 14.2 Å². The number of fused-ring (bicyclic) bond motifs is 3. The molecular formula is C24H38N2O4. The number of esters is 1.